The Hall–Kier alpha value is -0.611. The van der Waals surface area contributed by atoms with Crippen LogP contribution in [0.2, 0.25) is 10.2 Å². The van der Waals surface area contributed by atoms with E-state index in [0.717, 1.165) is 6.20 Å². The quantitative estimate of drug-likeness (QED) is 0.525. The van der Waals surface area contributed by atoms with Gasteiger partial charge in [-0.05, 0) is 6.07 Å². The van der Waals surface area contributed by atoms with Crippen molar-refractivity contribution in [1.82, 2.24) is 4.98 Å². The molecule has 0 aromatic carbocycles. The lowest BCUT2D eigenvalue weighted by Gasteiger charge is -2.54. The van der Waals surface area contributed by atoms with Crippen molar-refractivity contribution in [2.24, 2.45) is 0 Å². The lowest BCUT2D eigenvalue weighted by atomic mass is 9.19. The average molecular weight is 250 g/mol. The molecule has 1 rings (SSSR count). The van der Waals surface area contributed by atoms with Crippen molar-refractivity contribution in [3.63, 3.8) is 0 Å². The van der Waals surface area contributed by atoms with Gasteiger partial charge in [0.15, 0.2) is 0 Å². The highest BCUT2D eigenvalue weighted by Gasteiger charge is 2.45. The highest BCUT2D eigenvalue weighted by atomic mass is 16.5. The van der Waals surface area contributed by atoms with Crippen molar-refractivity contribution in [1.29, 1.82) is 0 Å². The first-order valence-corrected chi connectivity index (χ1v) is 5.42. The fourth-order valence-electron chi connectivity index (χ4n) is 1.32. The third-order valence-corrected chi connectivity index (χ3v) is 2.61. The van der Waals surface area contributed by atoms with Crippen LogP contribution in [0.1, 0.15) is 0 Å². The molecule has 0 amide bonds. The van der Waals surface area contributed by atoms with Crippen LogP contribution in [0.3, 0.4) is 0 Å². The Morgan fingerprint density at radius 3 is 1.75 bits per heavy atom. The van der Waals surface area contributed by atoms with Crippen LogP contribution in [0.25, 0.3) is 0 Å². The summed E-state index contributed by atoms with van der Waals surface area (Å²) in [5.41, 5.74) is -2.13. The van der Waals surface area contributed by atoms with Crippen molar-refractivity contribution >= 4 is 67.5 Å². The van der Waals surface area contributed by atoms with Crippen molar-refractivity contribution in [2.75, 3.05) is 0 Å². The SMILES string of the molecule is [B]C([B])([B])C([B])(Oc1ccc(B(O)O)cn1)C([B])([B])[B]. The van der Waals surface area contributed by atoms with Gasteiger partial charge in [0.05, 0.1) is 47.1 Å². The van der Waals surface area contributed by atoms with Gasteiger partial charge in [0, 0.05) is 17.2 Å². The van der Waals surface area contributed by atoms with E-state index in [0.29, 0.717) is 0 Å². The Bertz CT molecular complexity index is 440. The molecular formula is C8H5B8NO3. The van der Waals surface area contributed by atoms with Crippen molar-refractivity contribution in [3.8, 4) is 5.88 Å². The molecule has 0 atom stereocenters. The Balaban J connectivity index is 3.09. The minimum Gasteiger partial charge on any atom is -0.485 e. The van der Waals surface area contributed by atoms with Gasteiger partial charge in [0.2, 0.25) is 5.88 Å². The van der Waals surface area contributed by atoms with Crippen LogP contribution in [0.5, 0.6) is 5.88 Å². The molecule has 0 aliphatic rings. The second-order valence-electron chi connectivity index (χ2n) is 4.51. The largest absolute Gasteiger partial charge is 0.490 e. The van der Waals surface area contributed by atoms with E-state index < -0.39 is 22.8 Å². The fraction of sp³-hybridized carbons (Fsp3) is 0.375. The van der Waals surface area contributed by atoms with Gasteiger partial charge in [0.25, 0.3) is 0 Å². The van der Waals surface area contributed by atoms with E-state index in [1.807, 2.05) is 0 Å². The van der Waals surface area contributed by atoms with E-state index in [4.69, 9.17) is 69.7 Å². The zero-order valence-corrected chi connectivity index (χ0v) is 10.6. The van der Waals surface area contributed by atoms with Crippen LogP contribution in [-0.4, -0.2) is 82.6 Å². The molecule has 1 aromatic heterocycles. The minimum atomic E-state index is -2.26. The third-order valence-electron chi connectivity index (χ3n) is 2.61. The molecule has 0 aliphatic carbocycles. The monoisotopic (exact) mass is 251 g/mol. The average Bonchev–Trinajstić information content (AvgIpc) is 2.26. The number of hydrogen-bond donors (Lipinski definition) is 2. The predicted molar refractivity (Wildman–Crippen MR) is 83.1 cm³/mol. The van der Waals surface area contributed by atoms with Crippen molar-refractivity contribution < 1.29 is 14.8 Å². The lowest BCUT2D eigenvalue weighted by molar-refractivity contribution is 0.151. The van der Waals surface area contributed by atoms with Crippen LogP contribution in [0.4, 0.5) is 0 Å². The molecule has 14 radical (unpaired) electrons. The van der Waals surface area contributed by atoms with Crippen molar-refractivity contribution in [3.05, 3.63) is 18.3 Å². The molecule has 4 nitrogen and oxygen atoms in total. The number of rotatable bonds is 5. The minimum absolute atomic E-state index is 0.117. The molecule has 2 N–H and O–H groups in total. The molecule has 84 valence electrons. The van der Waals surface area contributed by atoms with E-state index in [1.54, 1.807) is 0 Å². The molecule has 0 bridgehead atoms. The van der Waals surface area contributed by atoms with Gasteiger partial charge in [-0.3, -0.25) is 0 Å². The van der Waals surface area contributed by atoms with Crippen LogP contribution >= 0.6 is 0 Å². The summed E-state index contributed by atoms with van der Waals surface area (Å²) < 4.78 is 5.22. The molecule has 0 fully saturated rings. The van der Waals surface area contributed by atoms with Gasteiger partial charge in [0.1, 0.15) is 7.85 Å². The van der Waals surface area contributed by atoms with Gasteiger partial charge in [-0.1, -0.05) is 6.07 Å². The van der Waals surface area contributed by atoms with Gasteiger partial charge < -0.3 is 14.8 Å². The molecule has 1 aromatic rings. The van der Waals surface area contributed by atoms with Crippen LogP contribution < -0.4 is 10.2 Å². The molecule has 12 heteroatoms. The zero-order chi connectivity index (χ0) is 15.8. The summed E-state index contributed by atoms with van der Waals surface area (Å²) in [7, 11) is 37.0. The third kappa shape index (κ3) is 3.53. The number of aromatic nitrogens is 1. The molecule has 0 aliphatic heterocycles. The predicted octanol–water partition coefficient (Wildman–Crippen LogP) is -3.84. The summed E-state index contributed by atoms with van der Waals surface area (Å²) in [4.78, 5) is 3.76. The summed E-state index contributed by atoms with van der Waals surface area (Å²) in [6.45, 7) is 0. The van der Waals surface area contributed by atoms with Gasteiger partial charge in [-0.2, -0.15) is 0 Å². The normalized spacial score (nSPS) is 12.9. The Morgan fingerprint density at radius 2 is 1.45 bits per heavy atom. The molecule has 0 spiro atoms. The maximum atomic E-state index is 8.94. The standard InChI is InChI=1S/C8H5B8NO3/c9-6(7(10,11)12,8(13,14)15)20-5-2-1-4(3-17-5)16(18)19/h1-3,18-19H. The van der Waals surface area contributed by atoms with Crippen molar-refractivity contribution in [2.45, 2.75) is 15.7 Å². The number of nitrogens with zero attached hydrogens (tertiary/aromatic N) is 1. The molecule has 0 saturated carbocycles. The highest BCUT2D eigenvalue weighted by molar-refractivity contribution is 6.69. The first-order valence-electron chi connectivity index (χ1n) is 5.42. The molecule has 20 heavy (non-hydrogen) atoms. The molecular weight excluding hydrogens is 245 g/mol. The van der Waals surface area contributed by atoms with Gasteiger partial charge in [-0.15, -0.1) is 10.2 Å². The van der Waals surface area contributed by atoms with Crippen LogP contribution in [-0.2, 0) is 0 Å². The molecule has 0 saturated heterocycles. The second kappa shape index (κ2) is 5.64. The van der Waals surface area contributed by atoms with E-state index >= 15 is 0 Å². The number of ether oxygens (including phenoxy) is 1. The van der Waals surface area contributed by atoms with Crippen LogP contribution in [0, 0.1) is 0 Å². The van der Waals surface area contributed by atoms with Gasteiger partial charge in [-0.25, -0.2) is 4.98 Å². The van der Waals surface area contributed by atoms with Gasteiger partial charge >= 0.3 is 7.12 Å². The fourth-order valence-corrected chi connectivity index (χ4v) is 1.32. The van der Waals surface area contributed by atoms with E-state index in [1.165, 1.54) is 12.1 Å². The maximum Gasteiger partial charge on any atom is 0.490 e. The Kier molecular flexibility index (Phi) is 4.92. The van der Waals surface area contributed by atoms with E-state index in [-0.39, 0.29) is 11.3 Å². The summed E-state index contributed by atoms with van der Waals surface area (Å²) in [5, 5.41) is 13.5. The van der Waals surface area contributed by atoms with Crippen LogP contribution in [0.15, 0.2) is 18.3 Å². The summed E-state index contributed by atoms with van der Waals surface area (Å²) in [6.07, 6.45) is 1.12. The van der Waals surface area contributed by atoms with E-state index in [9.17, 15) is 0 Å². The summed E-state index contributed by atoms with van der Waals surface area (Å²) >= 11 is 0. The number of pyridine rings is 1. The number of hydrogen-bond acceptors (Lipinski definition) is 4. The Morgan fingerprint density at radius 1 is 0.950 bits per heavy atom. The smallest absolute Gasteiger partial charge is 0.485 e. The second-order valence-corrected chi connectivity index (χ2v) is 4.51. The first kappa shape index (κ1) is 17.4. The summed E-state index contributed by atoms with van der Waals surface area (Å²) in [5.74, 6) is -0.117. The first-order chi connectivity index (χ1) is 8.88. The zero-order valence-electron chi connectivity index (χ0n) is 10.6. The summed E-state index contributed by atoms with van der Waals surface area (Å²) in [6, 6.07) is 2.57. The molecule has 0 unspecified atom stereocenters. The highest BCUT2D eigenvalue weighted by Crippen LogP contribution is 2.42. The Labute approximate surface area is 127 Å². The van der Waals surface area contributed by atoms with E-state index in [2.05, 4.69) is 4.98 Å². The maximum absolute atomic E-state index is 8.94. The topological polar surface area (TPSA) is 62.6 Å². The molecule has 1 heterocycles. The lowest BCUT2D eigenvalue weighted by Crippen LogP contribution is -2.59.